The number of nitriles is 3. The molecule has 0 bridgehead atoms. The van der Waals surface area contributed by atoms with E-state index in [2.05, 4.69) is 70.2 Å². The molecule has 49 heavy (non-hydrogen) atoms. The summed E-state index contributed by atoms with van der Waals surface area (Å²) in [6.45, 7) is 0. The number of nitrogens with zero attached hydrogens (tertiary/aromatic N) is 5. The lowest BCUT2D eigenvalue weighted by atomic mass is 9.93. The second-order valence-electron chi connectivity index (χ2n) is 11.7. The largest absolute Gasteiger partial charge is 0.307 e. The minimum Gasteiger partial charge on any atom is -0.307 e. The molecule has 0 aliphatic rings. The lowest BCUT2D eigenvalue weighted by Crippen LogP contribution is -2.02. The van der Waals surface area contributed by atoms with Crippen molar-refractivity contribution in [3.8, 4) is 68.4 Å². The summed E-state index contributed by atoms with van der Waals surface area (Å²) in [6, 6.07) is 53.0. The van der Waals surface area contributed by atoms with Crippen LogP contribution in [-0.2, 0) is 0 Å². The maximum Gasteiger partial charge on any atom is 0.0998 e. The van der Waals surface area contributed by atoms with E-state index in [1.165, 1.54) is 0 Å². The molecule has 2 heterocycles. The maximum absolute atomic E-state index is 10.6. The molecule has 0 saturated carbocycles. The minimum atomic E-state index is 0.515. The van der Waals surface area contributed by atoms with Crippen molar-refractivity contribution >= 4 is 21.8 Å². The third-order valence-corrected chi connectivity index (χ3v) is 9.06. The first-order chi connectivity index (χ1) is 24.2. The van der Waals surface area contributed by atoms with Crippen molar-refractivity contribution in [2.75, 3.05) is 0 Å². The van der Waals surface area contributed by atoms with Gasteiger partial charge in [0.15, 0.2) is 0 Å². The highest BCUT2D eigenvalue weighted by Crippen LogP contribution is 2.45. The second-order valence-corrected chi connectivity index (χ2v) is 11.7. The van der Waals surface area contributed by atoms with Crippen LogP contribution in [0.3, 0.4) is 0 Å². The number of fused-ring (bicyclic) bond motifs is 3. The van der Waals surface area contributed by atoms with E-state index >= 15 is 0 Å². The van der Waals surface area contributed by atoms with Crippen LogP contribution < -0.4 is 0 Å². The molecule has 0 amide bonds. The van der Waals surface area contributed by atoms with Crippen LogP contribution in [0.15, 0.2) is 152 Å². The lowest BCUT2D eigenvalue weighted by molar-refractivity contribution is 1.18. The van der Waals surface area contributed by atoms with Crippen molar-refractivity contribution in [2.45, 2.75) is 0 Å². The van der Waals surface area contributed by atoms with Crippen LogP contribution in [0.5, 0.6) is 0 Å². The summed E-state index contributed by atoms with van der Waals surface area (Å²) in [5.74, 6) is 0. The maximum atomic E-state index is 10.6. The van der Waals surface area contributed by atoms with Gasteiger partial charge in [0.1, 0.15) is 0 Å². The molecule has 0 unspecified atom stereocenters. The van der Waals surface area contributed by atoms with E-state index in [-0.39, 0.29) is 0 Å². The minimum absolute atomic E-state index is 0.515. The van der Waals surface area contributed by atoms with E-state index in [1.807, 2.05) is 97.1 Å². The first kappa shape index (κ1) is 29.2. The first-order valence-corrected chi connectivity index (χ1v) is 15.8. The molecule has 6 aromatic carbocycles. The zero-order valence-corrected chi connectivity index (χ0v) is 26.2. The number of aromatic nitrogens is 2. The van der Waals surface area contributed by atoms with E-state index in [0.29, 0.717) is 16.7 Å². The second kappa shape index (κ2) is 12.2. The summed E-state index contributed by atoms with van der Waals surface area (Å²) in [6.07, 6.45) is 3.47. The molecule has 0 spiro atoms. The number of rotatable bonds is 5. The normalized spacial score (nSPS) is 10.8. The number of pyridine rings is 1. The zero-order chi connectivity index (χ0) is 33.3. The number of benzene rings is 6. The average Bonchev–Trinajstić information content (AvgIpc) is 3.53. The fourth-order valence-electron chi connectivity index (χ4n) is 6.91. The molecule has 0 saturated heterocycles. The average molecular weight is 624 g/mol. The number of para-hydroxylation sites is 2. The summed E-state index contributed by atoms with van der Waals surface area (Å²) in [5, 5.41) is 33.0. The van der Waals surface area contributed by atoms with E-state index in [0.717, 1.165) is 72.0 Å². The topological polar surface area (TPSA) is 89.2 Å². The van der Waals surface area contributed by atoms with Crippen LogP contribution in [0.4, 0.5) is 0 Å². The quantitative estimate of drug-likeness (QED) is 0.191. The van der Waals surface area contributed by atoms with Crippen LogP contribution in [-0.4, -0.2) is 9.55 Å². The molecule has 0 aliphatic carbocycles. The molecule has 0 atom stereocenters. The summed E-state index contributed by atoms with van der Waals surface area (Å²) in [7, 11) is 0. The highest BCUT2D eigenvalue weighted by molar-refractivity contribution is 6.18. The van der Waals surface area contributed by atoms with Gasteiger partial charge in [0.05, 0.1) is 51.6 Å². The Kier molecular flexibility index (Phi) is 7.24. The van der Waals surface area contributed by atoms with Gasteiger partial charge >= 0.3 is 0 Å². The first-order valence-electron chi connectivity index (χ1n) is 15.8. The summed E-state index contributed by atoms with van der Waals surface area (Å²) in [5.41, 5.74) is 11.3. The smallest absolute Gasteiger partial charge is 0.0998 e. The van der Waals surface area contributed by atoms with Crippen LogP contribution in [0.2, 0.25) is 0 Å². The van der Waals surface area contributed by atoms with Gasteiger partial charge < -0.3 is 4.57 Å². The monoisotopic (exact) mass is 623 g/mol. The molecule has 5 nitrogen and oxygen atoms in total. The van der Waals surface area contributed by atoms with Gasteiger partial charge in [-0.15, -0.1) is 0 Å². The fraction of sp³-hybridized carbons (Fsp3) is 0. The van der Waals surface area contributed by atoms with E-state index in [1.54, 1.807) is 12.4 Å². The van der Waals surface area contributed by atoms with Crippen molar-refractivity contribution in [3.05, 3.63) is 169 Å². The van der Waals surface area contributed by atoms with Gasteiger partial charge in [-0.1, -0.05) is 103 Å². The van der Waals surface area contributed by atoms with Gasteiger partial charge in [0, 0.05) is 56.5 Å². The Morgan fingerprint density at radius 1 is 0.408 bits per heavy atom. The molecule has 0 fully saturated rings. The molecule has 2 aromatic heterocycles. The highest BCUT2D eigenvalue weighted by atomic mass is 15.0. The molecular weight excluding hydrogens is 599 g/mol. The van der Waals surface area contributed by atoms with E-state index < -0.39 is 0 Å². The summed E-state index contributed by atoms with van der Waals surface area (Å²) in [4.78, 5) is 4.21. The number of hydrogen-bond donors (Lipinski definition) is 0. The molecule has 226 valence electrons. The Hall–Kier alpha value is -7.26. The van der Waals surface area contributed by atoms with Gasteiger partial charge in [-0.05, 0) is 47.5 Å². The Morgan fingerprint density at radius 3 is 1.45 bits per heavy atom. The molecular formula is C44H25N5. The molecule has 0 aliphatic heterocycles. The molecule has 8 aromatic rings. The SMILES string of the molecule is N#Cc1cc(-n2c3c(-c4ccccc4C#N)cccc3c3cccc(-c4ccccc4C#N)c32)c(-c2ccccc2)cc1-c1ccncc1. The molecule has 5 heteroatoms. The lowest BCUT2D eigenvalue weighted by Gasteiger charge is -2.20. The Labute approximate surface area is 283 Å². The van der Waals surface area contributed by atoms with Crippen LogP contribution in [0, 0.1) is 34.0 Å². The van der Waals surface area contributed by atoms with Crippen molar-refractivity contribution in [2.24, 2.45) is 0 Å². The predicted octanol–water partition coefficient (Wildman–Crippen LogP) is 10.5. The Morgan fingerprint density at radius 2 is 0.898 bits per heavy atom. The number of hydrogen-bond acceptors (Lipinski definition) is 4. The van der Waals surface area contributed by atoms with Gasteiger partial charge in [-0.3, -0.25) is 4.98 Å². The van der Waals surface area contributed by atoms with Crippen LogP contribution in [0.1, 0.15) is 16.7 Å². The van der Waals surface area contributed by atoms with Gasteiger partial charge in [0.2, 0.25) is 0 Å². The molecule has 0 N–H and O–H groups in total. The van der Waals surface area contributed by atoms with Crippen molar-refractivity contribution in [3.63, 3.8) is 0 Å². The Bertz CT molecular complexity index is 2570. The van der Waals surface area contributed by atoms with E-state index in [4.69, 9.17) is 0 Å². The summed E-state index contributed by atoms with van der Waals surface area (Å²) < 4.78 is 2.23. The van der Waals surface area contributed by atoms with Crippen molar-refractivity contribution < 1.29 is 0 Å². The predicted molar refractivity (Wildman–Crippen MR) is 194 cm³/mol. The van der Waals surface area contributed by atoms with Crippen LogP contribution in [0.25, 0.3) is 72.0 Å². The highest BCUT2D eigenvalue weighted by Gasteiger charge is 2.24. The zero-order valence-electron chi connectivity index (χ0n) is 26.2. The Balaban J connectivity index is 1.61. The molecule has 0 radical (unpaired) electrons. The van der Waals surface area contributed by atoms with Gasteiger partial charge in [-0.25, -0.2) is 0 Å². The van der Waals surface area contributed by atoms with Crippen LogP contribution >= 0.6 is 0 Å². The summed E-state index contributed by atoms with van der Waals surface area (Å²) >= 11 is 0. The van der Waals surface area contributed by atoms with Gasteiger partial charge in [0.25, 0.3) is 0 Å². The standard InChI is InChI=1S/C44H25N5/c45-26-31-12-4-6-14-34(31)36-16-8-18-38-39-19-9-17-37(35-15-7-5-13-32(35)27-46)44(39)49(43(36)38)42-24-33(28-47)40(30-20-22-48-23-21-30)25-41(42)29-10-2-1-3-11-29/h1-25H. The fourth-order valence-corrected chi connectivity index (χ4v) is 6.91. The van der Waals surface area contributed by atoms with Crippen molar-refractivity contribution in [1.82, 2.24) is 9.55 Å². The van der Waals surface area contributed by atoms with Crippen molar-refractivity contribution in [1.29, 1.82) is 15.8 Å². The van der Waals surface area contributed by atoms with Gasteiger partial charge in [-0.2, -0.15) is 15.8 Å². The van der Waals surface area contributed by atoms with E-state index in [9.17, 15) is 15.8 Å². The third kappa shape index (κ3) is 4.81. The molecule has 8 rings (SSSR count). The third-order valence-electron chi connectivity index (χ3n) is 9.06.